The van der Waals surface area contributed by atoms with Crippen LogP contribution in [0.3, 0.4) is 0 Å². The molecule has 5 heteroatoms. The van der Waals surface area contributed by atoms with Gasteiger partial charge in [0.05, 0.1) is 6.10 Å². The Labute approximate surface area is 139 Å². The number of hydrogen-bond acceptors (Lipinski definition) is 3. The Hall–Kier alpha value is -1.10. The monoisotopic (exact) mass is 324 g/mol. The van der Waals surface area contributed by atoms with Gasteiger partial charge in [-0.1, -0.05) is 32.6 Å². The summed E-state index contributed by atoms with van der Waals surface area (Å²) in [6, 6.07) is 0. The normalized spacial score (nSPS) is 26.7. The van der Waals surface area contributed by atoms with Crippen molar-refractivity contribution in [3.05, 3.63) is 0 Å². The molecule has 0 heterocycles. The van der Waals surface area contributed by atoms with E-state index in [-0.39, 0.29) is 23.8 Å². The zero-order valence-electron chi connectivity index (χ0n) is 14.6. The third-order valence-corrected chi connectivity index (χ3v) is 5.10. The fraction of sp³-hybridized carbons (Fsp3) is 0.889. The van der Waals surface area contributed by atoms with E-state index in [1.54, 1.807) is 0 Å². The van der Waals surface area contributed by atoms with Crippen molar-refractivity contribution in [2.45, 2.75) is 77.4 Å². The predicted octanol–water partition coefficient (Wildman–Crippen LogP) is 2.39. The lowest BCUT2D eigenvalue weighted by Gasteiger charge is -2.29. The van der Waals surface area contributed by atoms with Crippen LogP contribution in [0, 0.1) is 11.8 Å². The van der Waals surface area contributed by atoms with Gasteiger partial charge in [0.25, 0.3) is 0 Å². The first-order valence-corrected chi connectivity index (χ1v) is 9.27. The van der Waals surface area contributed by atoms with Crippen LogP contribution in [0.4, 0.5) is 0 Å². The zero-order chi connectivity index (χ0) is 16.7. The molecule has 2 aliphatic rings. The largest absolute Gasteiger partial charge is 0.365 e. The second kappa shape index (κ2) is 9.26. The second-order valence-corrected chi connectivity index (χ2v) is 7.24. The minimum absolute atomic E-state index is 0.0849. The lowest BCUT2D eigenvalue weighted by Crippen LogP contribution is -2.42. The molecule has 2 saturated carbocycles. The van der Waals surface area contributed by atoms with Gasteiger partial charge in [-0.3, -0.25) is 9.59 Å². The van der Waals surface area contributed by atoms with Crippen molar-refractivity contribution < 1.29 is 14.3 Å². The molecular weight excluding hydrogens is 292 g/mol. The van der Waals surface area contributed by atoms with E-state index in [1.165, 1.54) is 12.8 Å². The third kappa shape index (κ3) is 6.13. The summed E-state index contributed by atoms with van der Waals surface area (Å²) in [5.41, 5.74) is 0. The van der Waals surface area contributed by atoms with Crippen molar-refractivity contribution in [2.75, 3.05) is 13.1 Å². The molecule has 0 bridgehead atoms. The summed E-state index contributed by atoms with van der Waals surface area (Å²) in [5, 5.41) is 5.76. The van der Waals surface area contributed by atoms with E-state index in [0.717, 1.165) is 38.5 Å². The van der Waals surface area contributed by atoms with Gasteiger partial charge >= 0.3 is 0 Å². The van der Waals surface area contributed by atoms with Crippen molar-refractivity contribution in [2.24, 2.45) is 11.8 Å². The summed E-state index contributed by atoms with van der Waals surface area (Å²) in [6.07, 6.45) is 8.67. The molecule has 0 aromatic heterocycles. The Balaban J connectivity index is 1.57. The van der Waals surface area contributed by atoms with Gasteiger partial charge in [0.15, 0.2) is 0 Å². The van der Waals surface area contributed by atoms with Crippen molar-refractivity contribution in [1.29, 1.82) is 0 Å². The van der Waals surface area contributed by atoms with E-state index in [9.17, 15) is 9.59 Å². The molecule has 3 atom stereocenters. The van der Waals surface area contributed by atoms with Gasteiger partial charge in [-0.05, 0) is 38.5 Å². The Bertz CT molecular complexity index is 394. The SMILES string of the molecule is C[C@@H]1CCC[C@H](O[C@H](C)C(=O)NCCNC(=O)C2CCCC2)C1. The van der Waals surface area contributed by atoms with E-state index >= 15 is 0 Å². The third-order valence-electron chi connectivity index (χ3n) is 5.10. The number of nitrogens with one attached hydrogen (secondary N) is 2. The molecule has 2 aliphatic carbocycles. The molecule has 0 aromatic carbocycles. The van der Waals surface area contributed by atoms with Gasteiger partial charge in [0.2, 0.25) is 11.8 Å². The van der Waals surface area contributed by atoms with Crippen LogP contribution >= 0.6 is 0 Å². The first kappa shape index (κ1) is 18.2. The van der Waals surface area contributed by atoms with Crippen LogP contribution in [0.2, 0.25) is 0 Å². The van der Waals surface area contributed by atoms with Crippen molar-refractivity contribution >= 4 is 11.8 Å². The lowest BCUT2D eigenvalue weighted by molar-refractivity contribution is -0.137. The average Bonchev–Trinajstić information content (AvgIpc) is 3.05. The van der Waals surface area contributed by atoms with E-state index in [1.807, 2.05) is 6.92 Å². The summed E-state index contributed by atoms with van der Waals surface area (Å²) >= 11 is 0. The topological polar surface area (TPSA) is 67.4 Å². The molecule has 0 spiro atoms. The number of rotatable bonds is 7. The van der Waals surface area contributed by atoms with E-state index in [2.05, 4.69) is 17.6 Å². The van der Waals surface area contributed by atoms with E-state index in [4.69, 9.17) is 4.74 Å². The zero-order valence-corrected chi connectivity index (χ0v) is 14.6. The van der Waals surface area contributed by atoms with Crippen LogP contribution in [0.25, 0.3) is 0 Å². The maximum atomic E-state index is 12.1. The van der Waals surface area contributed by atoms with Gasteiger partial charge in [-0.2, -0.15) is 0 Å². The standard InChI is InChI=1S/C18H32N2O3/c1-13-6-5-9-16(12-13)23-14(2)17(21)19-10-11-20-18(22)15-7-3-4-8-15/h13-16H,3-12H2,1-2H3,(H,19,21)(H,20,22)/t13-,14-,16+/m1/s1. The first-order valence-electron chi connectivity index (χ1n) is 9.27. The van der Waals surface area contributed by atoms with Gasteiger partial charge in [0, 0.05) is 19.0 Å². The molecule has 0 unspecified atom stereocenters. The lowest BCUT2D eigenvalue weighted by atomic mass is 9.88. The van der Waals surface area contributed by atoms with Crippen molar-refractivity contribution in [3.8, 4) is 0 Å². The van der Waals surface area contributed by atoms with Crippen LogP contribution in [0.15, 0.2) is 0 Å². The summed E-state index contributed by atoms with van der Waals surface area (Å²) in [6.45, 7) is 5.01. The summed E-state index contributed by atoms with van der Waals surface area (Å²) in [7, 11) is 0. The number of amides is 2. The Morgan fingerprint density at radius 1 is 1.04 bits per heavy atom. The van der Waals surface area contributed by atoms with Crippen molar-refractivity contribution in [1.82, 2.24) is 10.6 Å². The highest BCUT2D eigenvalue weighted by Crippen LogP contribution is 2.26. The highest BCUT2D eigenvalue weighted by atomic mass is 16.5. The number of ether oxygens (including phenoxy) is 1. The molecule has 0 aliphatic heterocycles. The highest BCUT2D eigenvalue weighted by molar-refractivity contribution is 5.81. The average molecular weight is 324 g/mol. The molecular formula is C18H32N2O3. The molecule has 2 amide bonds. The molecule has 23 heavy (non-hydrogen) atoms. The molecule has 0 aromatic rings. The molecule has 5 nitrogen and oxygen atoms in total. The summed E-state index contributed by atoms with van der Waals surface area (Å²) < 4.78 is 5.88. The smallest absolute Gasteiger partial charge is 0.248 e. The van der Waals surface area contributed by atoms with Gasteiger partial charge in [0.1, 0.15) is 6.10 Å². The molecule has 2 fully saturated rings. The maximum absolute atomic E-state index is 12.1. The Kier molecular flexibility index (Phi) is 7.34. The molecule has 0 radical (unpaired) electrons. The molecule has 0 saturated heterocycles. The van der Waals surface area contributed by atoms with E-state index in [0.29, 0.717) is 19.0 Å². The van der Waals surface area contributed by atoms with Crippen LogP contribution in [0.5, 0.6) is 0 Å². The maximum Gasteiger partial charge on any atom is 0.248 e. The minimum Gasteiger partial charge on any atom is -0.365 e. The minimum atomic E-state index is -0.421. The first-order chi connectivity index (χ1) is 11.1. The van der Waals surface area contributed by atoms with Gasteiger partial charge in [-0.15, -0.1) is 0 Å². The summed E-state index contributed by atoms with van der Waals surface area (Å²) in [4.78, 5) is 23.9. The quantitative estimate of drug-likeness (QED) is 0.707. The number of carbonyl (C=O) groups is 2. The highest BCUT2D eigenvalue weighted by Gasteiger charge is 2.24. The molecule has 132 valence electrons. The van der Waals surface area contributed by atoms with E-state index < -0.39 is 6.10 Å². The Morgan fingerprint density at radius 3 is 2.43 bits per heavy atom. The second-order valence-electron chi connectivity index (χ2n) is 7.24. The summed E-state index contributed by atoms with van der Waals surface area (Å²) in [5.74, 6) is 0.923. The fourth-order valence-corrected chi connectivity index (χ4v) is 3.70. The van der Waals surface area contributed by atoms with Crippen LogP contribution < -0.4 is 10.6 Å². The van der Waals surface area contributed by atoms with Crippen LogP contribution in [-0.2, 0) is 14.3 Å². The molecule has 2 rings (SSSR count). The number of carbonyl (C=O) groups excluding carboxylic acids is 2. The van der Waals surface area contributed by atoms with Gasteiger partial charge < -0.3 is 15.4 Å². The van der Waals surface area contributed by atoms with Crippen molar-refractivity contribution in [3.63, 3.8) is 0 Å². The Morgan fingerprint density at radius 2 is 1.74 bits per heavy atom. The van der Waals surface area contributed by atoms with Crippen LogP contribution in [0.1, 0.15) is 65.2 Å². The van der Waals surface area contributed by atoms with Crippen LogP contribution in [-0.4, -0.2) is 37.1 Å². The fourth-order valence-electron chi connectivity index (χ4n) is 3.70. The molecule has 2 N–H and O–H groups in total. The predicted molar refractivity (Wildman–Crippen MR) is 89.9 cm³/mol. The number of hydrogen-bond donors (Lipinski definition) is 2. The van der Waals surface area contributed by atoms with Gasteiger partial charge in [-0.25, -0.2) is 0 Å².